The molecule has 10 atom stereocenters. The Morgan fingerprint density at radius 3 is 1.98 bits per heavy atom. The molecule has 0 N–H and O–H groups in total. The van der Waals surface area contributed by atoms with Crippen molar-refractivity contribution in [3.05, 3.63) is 63.6 Å². The van der Waals surface area contributed by atoms with Crippen LogP contribution in [0.25, 0.3) is 0 Å². The monoisotopic (exact) mass is 1030 g/mol. The van der Waals surface area contributed by atoms with Gasteiger partial charge in [0.2, 0.25) is 0 Å². The molecular formula is C48H82Br2O10Si2. The van der Waals surface area contributed by atoms with Crippen molar-refractivity contribution in [3.8, 4) is 5.75 Å². The van der Waals surface area contributed by atoms with Crippen LogP contribution in [0.3, 0.4) is 0 Å². The molecule has 0 aliphatic carbocycles. The quantitative estimate of drug-likeness (QED) is 0.0438. The van der Waals surface area contributed by atoms with Gasteiger partial charge in [-0.25, -0.2) is 0 Å². The SMILES string of the molecule is CC[C@@H](CCC[C@H](OCc1ccc(OC)cc1)[C@@H](C)C(=O)/C=C/C=C/C[C@H](O[C@@H]1O[C@@H](C)[C@H](OC)[C@@H](OC)[C@H]1OC)[C@@H](C=C(Br)Br)O[Si](C)(C)C(C)(C)C)O[Si](CC)(CC)CC. The highest BCUT2D eigenvalue weighted by Crippen LogP contribution is 2.39. The van der Waals surface area contributed by atoms with Gasteiger partial charge < -0.3 is 42.0 Å². The normalized spacial score (nSPS) is 22.7. The molecule has 0 spiro atoms. The van der Waals surface area contributed by atoms with Crippen molar-refractivity contribution in [2.45, 2.75) is 192 Å². The number of allylic oxidation sites excluding steroid dienone is 3. The minimum atomic E-state index is -2.29. The average molecular weight is 1040 g/mol. The molecule has 1 heterocycles. The van der Waals surface area contributed by atoms with E-state index >= 15 is 0 Å². The standard InChI is InChI=1S/C48H82Br2O10Si2/c1-16-37(59-62(17-2,18-3)19-4)24-23-27-40(56-33-36-28-30-38(52-10)31-29-36)34(5)39(51)25-21-20-22-26-41(42(32-43(49)50)60-61(14,15)48(7,8)9)58-47-46(55-13)45(54-12)44(53-11)35(6)57-47/h20-22,25,28-32,34-35,37,40-42,44-47H,16-19,23-24,26-27,33H2,1-15H3/b22-20+,25-21+/t34-,35-,37-,40-,41-,42+,44-,45+,46+,47-/m0/s1. The molecule has 1 aromatic rings. The van der Waals surface area contributed by atoms with E-state index in [1.54, 1.807) is 34.5 Å². The van der Waals surface area contributed by atoms with Crippen LogP contribution in [-0.2, 0) is 48.7 Å². The number of carbonyl (C=O) groups is 1. The molecule has 1 fully saturated rings. The molecule has 356 valence electrons. The van der Waals surface area contributed by atoms with Crippen molar-refractivity contribution in [1.29, 1.82) is 0 Å². The van der Waals surface area contributed by atoms with Gasteiger partial charge in [-0.2, -0.15) is 0 Å². The van der Waals surface area contributed by atoms with Crippen molar-refractivity contribution >= 4 is 54.3 Å². The van der Waals surface area contributed by atoms with Gasteiger partial charge in [-0.05, 0) is 137 Å². The van der Waals surface area contributed by atoms with Crippen LogP contribution < -0.4 is 4.74 Å². The van der Waals surface area contributed by atoms with Gasteiger partial charge in [0.25, 0.3) is 0 Å². The first-order valence-electron chi connectivity index (χ1n) is 22.7. The molecule has 14 heteroatoms. The third-order valence-electron chi connectivity index (χ3n) is 13.1. The highest BCUT2D eigenvalue weighted by Gasteiger charge is 2.48. The summed E-state index contributed by atoms with van der Waals surface area (Å²) in [6.07, 6.45) is 10.0. The first-order chi connectivity index (χ1) is 29.3. The first kappa shape index (κ1) is 57.1. The summed E-state index contributed by atoms with van der Waals surface area (Å²) in [7, 11) is 2.55. The molecular weight excluding hydrogens is 952 g/mol. The predicted molar refractivity (Wildman–Crippen MR) is 264 cm³/mol. The lowest BCUT2D eigenvalue weighted by Gasteiger charge is -2.46. The van der Waals surface area contributed by atoms with Crippen LogP contribution in [0.2, 0.25) is 36.3 Å². The topological polar surface area (TPSA) is 100 Å². The largest absolute Gasteiger partial charge is 0.497 e. The minimum absolute atomic E-state index is 0.0102. The van der Waals surface area contributed by atoms with Crippen molar-refractivity contribution in [2.75, 3.05) is 28.4 Å². The maximum Gasteiger partial charge on any atom is 0.193 e. The number of halogens is 2. The Bertz CT molecular complexity index is 1500. The summed E-state index contributed by atoms with van der Waals surface area (Å²) in [5.41, 5.74) is 1.03. The summed E-state index contributed by atoms with van der Waals surface area (Å²) < 4.78 is 57.4. The predicted octanol–water partition coefficient (Wildman–Crippen LogP) is 12.5. The Morgan fingerprint density at radius 1 is 0.855 bits per heavy atom. The Labute approximate surface area is 395 Å². The fourth-order valence-electron chi connectivity index (χ4n) is 7.65. The van der Waals surface area contributed by atoms with E-state index in [0.29, 0.717) is 13.0 Å². The second-order valence-corrected chi connectivity index (χ2v) is 30.3. The number of ether oxygens (including phenoxy) is 7. The van der Waals surface area contributed by atoms with Gasteiger partial charge in [0.1, 0.15) is 24.1 Å². The van der Waals surface area contributed by atoms with Crippen LogP contribution in [0.4, 0.5) is 0 Å². The Kier molecular flexibility index (Phi) is 26.0. The summed E-state index contributed by atoms with van der Waals surface area (Å²) in [5, 5.41) is -0.0515. The second kappa shape index (κ2) is 28.2. The molecule has 0 aromatic heterocycles. The van der Waals surface area contributed by atoms with Crippen LogP contribution >= 0.6 is 31.9 Å². The van der Waals surface area contributed by atoms with Crippen molar-refractivity contribution < 1.29 is 46.8 Å². The molecule has 1 aromatic carbocycles. The maximum absolute atomic E-state index is 13.8. The third kappa shape index (κ3) is 17.7. The molecule has 0 bridgehead atoms. The summed E-state index contributed by atoms with van der Waals surface area (Å²) >= 11 is 7.18. The lowest BCUT2D eigenvalue weighted by molar-refractivity contribution is -0.318. The van der Waals surface area contributed by atoms with Crippen LogP contribution in [0, 0.1) is 5.92 Å². The van der Waals surface area contributed by atoms with E-state index in [4.69, 9.17) is 42.0 Å². The van der Waals surface area contributed by atoms with E-state index in [1.165, 1.54) is 0 Å². The number of rotatable bonds is 29. The molecule has 62 heavy (non-hydrogen) atoms. The van der Waals surface area contributed by atoms with Crippen LogP contribution in [0.15, 0.2) is 58.0 Å². The Balaban J connectivity index is 2.35. The van der Waals surface area contributed by atoms with Gasteiger partial charge in [0, 0.05) is 33.4 Å². The maximum atomic E-state index is 13.8. The average Bonchev–Trinajstić information content (AvgIpc) is 3.24. The number of benzene rings is 1. The van der Waals surface area contributed by atoms with Gasteiger partial charge >= 0.3 is 0 Å². The molecule has 1 aliphatic rings. The lowest BCUT2D eigenvalue weighted by Crippen LogP contribution is -2.60. The van der Waals surface area contributed by atoms with Gasteiger partial charge in [-0.3, -0.25) is 4.79 Å². The lowest BCUT2D eigenvalue weighted by atomic mass is 9.94. The number of carbonyl (C=O) groups excluding carboxylic acids is 1. The Morgan fingerprint density at radius 2 is 1.47 bits per heavy atom. The van der Waals surface area contributed by atoms with E-state index in [9.17, 15) is 4.79 Å². The number of hydrogen-bond donors (Lipinski definition) is 0. The van der Waals surface area contributed by atoms with Crippen LogP contribution in [0.5, 0.6) is 5.75 Å². The highest BCUT2D eigenvalue weighted by atomic mass is 79.9. The third-order valence-corrected chi connectivity index (χ3v) is 22.8. The molecule has 0 amide bonds. The smallest absolute Gasteiger partial charge is 0.193 e. The number of hydrogen-bond acceptors (Lipinski definition) is 10. The van der Waals surface area contributed by atoms with Crippen molar-refractivity contribution in [1.82, 2.24) is 0 Å². The van der Waals surface area contributed by atoms with E-state index in [1.807, 2.05) is 62.4 Å². The van der Waals surface area contributed by atoms with Gasteiger partial charge in [0.05, 0.1) is 41.5 Å². The Hall–Kier alpha value is -1.02. The summed E-state index contributed by atoms with van der Waals surface area (Å²) in [6, 6.07) is 11.3. The van der Waals surface area contributed by atoms with Crippen molar-refractivity contribution in [2.24, 2.45) is 5.92 Å². The van der Waals surface area contributed by atoms with E-state index < -0.39 is 47.3 Å². The summed E-state index contributed by atoms with van der Waals surface area (Å²) in [4.78, 5) is 13.8. The molecule has 2 rings (SSSR count). The summed E-state index contributed by atoms with van der Waals surface area (Å²) in [5.74, 6) is 0.453. The summed E-state index contributed by atoms with van der Waals surface area (Å²) in [6.45, 7) is 24.5. The van der Waals surface area contributed by atoms with Gasteiger partial charge in [-0.1, -0.05) is 85.8 Å². The van der Waals surface area contributed by atoms with Crippen molar-refractivity contribution in [3.63, 3.8) is 0 Å². The fraction of sp³-hybridized carbons (Fsp3) is 0.729. The minimum Gasteiger partial charge on any atom is -0.497 e. The fourth-order valence-corrected chi connectivity index (χ4v) is 12.4. The molecule has 0 saturated carbocycles. The molecule has 10 nitrogen and oxygen atoms in total. The van der Waals surface area contributed by atoms with Gasteiger partial charge in [-0.15, -0.1) is 0 Å². The molecule has 0 radical (unpaired) electrons. The van der Waals surface area contributed by atoms with Crippen LogP contribution in [-0.4, -0.2) is 106 Å². The molecule has 1 aliphatic heterocycles. The van der Waals surface area contributed by atoms with E-state index in [-0.39, 0.29) is 41.2 Å². The highest BCUT2D eigenvalue weighted by molar-refractivity contribution is 9.28. The zero-order valence-electron chi connectivity index (χ0n) is 40.7. The molecule has 1 saturated heterocycles. The van der Waals surface area contributed by atoms with Crippen LogP contribution in [0.1, 0.15) is 100.0 Å². The second-order valence-electron chi connectivity index (χ2n) is 18.0. The zero-order valence-corrected chi connectivity index (χ0v) is 45.8. The van der Waals surface area contributed by atoms with E-state index in [0.717, 1.165) is 58.5 Å². The van der Waals surface area contributed by atoms with Gasteiger partial charge in [0.15, 0.2) is 28.7 Å². The number of methoxy groups -OCH3 is 4. The number of ketones is 1. The zero-order chi connectivity index (χ0) is 46.7. The molecule has 0 unspecified atom stereocenters. The van der Waals surface area contributed by atoms with E-state index in [2.05, 4.69) is 93.4 Å². The first-order valence-corrected chi connectivity index (χ1v) is 29.7.